The Morgan fingerprint density at radius 3 is 1.68 bits per heavy atom. The maximum atomic E-state index is 10.8. The molecule has 0 saturated heterocycles. The molecule has 0 N–H and O–H groups in total. The van der Waals surface area contributed by atoms with E-state index in [-0.39, 0.29) is 12.4 Å². The molecule has 162 valence electrons. The zero-order valence-corrected chi connectivity index (χ0v) is 19.0. The van der Waals surface area contributed by atoms with Crippen molar-refractivity contribution in [3.05, 3.63) is 89.5 Å². The standard InChI is InChI=1S/C16H13NO2.C8H10.C2H6.CH2O/c1-12(18)11-19-16-8-6-15(7-9-16)14-4-2-13(10-17)3-5-14;1-7-4-3-5-8(2)6-7;2*1-2/h2-9H,11H2,1H3;3-6H,1-2H3;1-2H3;1H2. The molecular formula is C27H31NO3. The molecule has 0 radical (unpaired) electrons. The van der Waals surface area contributed by atoms with E-state index < -0.39 is 0 Å². The minimum atomic E-state index is -0.00355. The van der Waals surface area contributed by atoms with Gasteiger partial charge in [0.05, 0.1) is 11.6 Å². The van der Waals surface area contributed by atoms with Crippen LogP contribution in [0.1, 0.15) is 37.5 Å². The number of ketones is 1. The topological polar surface area (TPSA) is 67.2 Å². The minimum absolute atomic E-state index is 0.00355. The highest BCUT2D eigenvalue weighted by molar-refractivity contribution is 5.77. The Labute approximate surface area is 186 Å². The molecule has 3 aromatic rings. The SMILES string of the molecule is C=O.CC.CC(=O)COc1ccc(-c2ccc(C#N)cc2)cc1.Cc1cccc(C)c1. The summed E-state index contributed by atoms with van der Waals surface area (Å²) in [6, 6.07) is 25.4. The van der Waals surface area contributed by atoms with Crippen LogP contribution >= 0.6 is 0 Å². The molecule has 0 aliphatic carbocycles. The second-order valence-corrected chi connectivity index (χ2v) is 6.36. The van der Waals surface area contributed by atoms with Crippen LogP contribution in [0.15, 0.2) is 72.8 Å². The third kappa shape index (κ3) is 11.2. The van der Waals surface area contributed by atoms with Crippen molar-refractivity contribution in [1.29, 1.82) is 5.26 Å². The van der Waals surface area contributed by atoms with Gasteiger partial charge < -0.3 is 9.53 Å². The average Bonchev–Trinajstić information content (AvgIpc) is 2.81. The highest BCUT2D eigenvalue weighted by Crippen LogP contribution is 2.22. The minimum Gasteiger partial charge on any atom is -0.486 e. The Morgan fingerprint density at radius 2 is 1.32 bits per heavy atom. The second kappa shape index (κ2) is 16.1. The third-order valence-corrected chi connectivity index (χ3v) is 3.82. The maximum Gasteiger partial charge on any atom is 0.167 e. The highest BCUT2D eigenvalue weighted by atomic mass is 16.5. The molecule has 0 saturated carbocycles. The van der Waals surface area contributed by atoms with Crippen molar-refractivity contribution in [2.45, 2.75) is 34.6 Å². The lowest BCUT2D eigenvalue weighted by Gasteiger charge is -2.06. The smallest absolute Gasteiger partial charge is 0.167 e. The summed E-state index contributed by atoms with van der Waals surface area (Å²) in [4.78, 5) is 18.8. The fraction of sp³-hybridized carbons (Fsp3) is 0.222. The number of hydrogen-bond donors (Lipinski definition) is 0. The quantitative estimate of drug-likeness (QED) is 0.497. The number of carbonyl (C=O) groups is 2. The van der Waals surface area contributed by atoms with Crippen molar-refractivity contribution < 1.29 is 14.3 Å². The number of ether oxygens (including phenoxy) is 1. The highest BCUT2D eigenvalue weighted by Gasteiger charge is 2.00. The van der Waals surface area contributed by atoms with Gasteiger partial charge in [-0.2, -0.15) is 5.26 Å². The summed E-state index contributed by atoms with van der Waals surface area (Å²) >= 11 is 0. The molecule has 0 unspecified atom stereocenters. The third-order valence-electron chi connectivity index (χ3n) is 3.82. The molecule has 0 aromatic heterocycles. The second-order valence-electron chi connectivity index (χ2n) is 6.36. The predicted octanol–water partition coefficient (Wildman–Crippen LogP) is 6.34. The number of Topliss-reactive ketones (excluding diaryl/α,β-unsaturated/α-hetero) is 1. The Hall–Kier alpha value is -3.71. The van der Waals surface area contributed by atoms with E-state index in [2.05, 4.69) is 44.2 Å². The lowest BCUT2D eigenvalue weighted by molar-refractivity contribution is -0.118. The zero-order valence-electron chi connectivity index (χ0n) is 19.0. The maximum absolute atomic E-state index is 10.8. The Morgan fingerprint density at radius 1 is 0.871 bits per heavy atom. The summed E-state index contributed by atoms with van der Waals surface area (Å²) in [5.41, 5.74) is 5.40. The summed E-state index contributed by atoms with van der Waals surface area (Å²) in [7, 11) is 0. The van der Waals surface area contributed by atoms with Gasteiger partial charge in [-0.3, -0.25) is 4.79 Å². The average molecular weight is 418 g/mol. The Balaban J connectivity index is 0.000000625. The van der Waals surface area contributed by atoms with Gasteiger partial charge in [-0.1, -0.05) is 73.5 Å². The van der Waals surface area contributed by atoms with Crippen molar-refractivity contribution in [2.24, 2.45) is 0 Å². The fourth-order valence-electron chi connectivity index (χ4n) is 2.47. The molecule has 0 aliphatic rings. The molecule has 0 aliphatic heterocycles. The number of carbonyl (C=O) groups excluding carboxylic acids is 2. The van der Waals surface area contributed by atoms with E-state index in [1.54, 1.807) is 12.1 Å². The summed E-state index contributed by atoms with van der Waals surface area (Å²) < 4.78 is 5.30. The first kappa shape index (κ1) is 27.3. The van der Waals surface area contributed by atoms with Crippen LogP contribution in [0.5, 0.6) is 5.75 Å². The molecule has 3 rings (SSSR count). The van der Waals surface area contributed by atoms with Gasteiger partial charge in [0.2, 0.25) is 0 Å². The number of nitriles is 1. The van der Waals surface area contributed by atoms with E-state index in [0.717, 1.165) is 11.1 Å². The van der Waals surface area contributed by atoms with E-state index in [0.29, 0.717) is 11.3 Å². The first-order valence-corrected chi connectivity index (χ1v) is 10.0. The van der Waals surface area contributed by atoms with Gasteiger partial charge in [0, 0.05) is 0 Å². The molecule has 3 aromatic carbocycles. The van der Waals surface area contributed by atoms with Gasteiger partial charge in [-0.05, 0) is 56.2 Å². The predicted molar refractivity (Wildman–Crippen MR) is 127 cm³/mol. The number of hydrogen-bond acceptors (Lipinski definition) is 4. The Kier molecular flexibility index (Phi) is 14.2. The Bertz CT molecular complexity index is 922. The molecule has 0 fully saturated rings. The van der Waals surface area contributed by atoms with Crippen molar-refractivity contribution in [3.8, 4) is 22.9 Å². The summed E-state index contributed by atoms with van der Waals surface area (Å²) in [6.07, 6.45) is 0. The molecule has 31 heavy (non-hydrogen) atoms. The van der Waals surface area contributed by atoms with Gasteiger partial charge in [0.15, 0.2) is 5.78 Å². The first-order valence-electron chi connectivity index (χ1n) is 10.0. The van der Waals surface area contributed by atoms with Crippen molar-refractivity contribution in [3.63, 3.8) is 0 Å². The molecule has 0 spiro atoms. The van der Waals surface area contributed by atoms with Gasteiger partial charge in [-0.15, -0.1) is 0 Å². The van der Waals surface area contributed by atoms with E-state index in [1.165, 1.54) is 18.1 Å². The number of rotatable bonds is 4. The molecule has 0 atom stereocenters. The molecule has 0 amide bonds. The lowest BCUT2D eigenvalue weighted by atomic mass is 10.0. The summed E-state index contributed by atoms with van der Waals surface area (Å²) in [6.45, 7) is 11.8. The van der Waals surface area contributed by atoms with E-state index in [1.807, 2.05) is 57.0 Å². The largest absolute Gasteiger partial charge is 0.486 e. The van der Waals surface area contributed by atoms with Crippen LogP contribution < -0.4 is 4.74 Å². The molecule has 4 heteroatoms. The molecule has 0 heterocycles. The number of nitrogens with zero attached hydrogens (tertiary/aromatic N) is 1. The van der Waals surface area contributed by atoms with Crippen molar-refractivity contribution in [1.82, 2.24) is 0 Å². The molecular weight excluding hydrogens is 386 g/mol. The van der Waals surface area contributed by atoms with Gasteiger partial charge in [0.25, 0.3) is 0 Å². The number of benzene rings is 3. The van der Waals surface area contributed by atoms with Crippen LogP contribution in [0.2, 0.25) is 0 Å². The van der Waals surface area contributed by atoms with Crippen LogP contribution in [0, 0.1) is 25.2 Å². The van der Waals surface area contributed by atoms with Crippen LogP contribution in [-0.4, -0.2) is 19.2 Å². The van der Waals surface area contributed by atoms with Crippen molar-refractivity contribution >= 4 is 12.6 Å². The zero-order chi connectivity index (χ0) is 23.6. The lowest BCUT2D eigenvalue weighted by Crippen LogP contribution is -2.06. The summed E-state index contributed by atoms with van der Waals surface area (Å²) in [5, 5.41) is 8.75. The van der Waals surface area contributed by atoms with Crippen molar-refractivity contribution in [2.75, 3.05) is 6.61 Å². The fourth-order valence-corrected chi connectivity index (χ4v) is 2.47. The van der Waals surface area contributed by atoms with Gasteiger partial charge in [0.1, 0.15) is 19.1 Å². The van der Waals surface area contributed by atoms with Crippen LogP contribution in [0.3, 0.4) is 0 Å². The normalized spacial score (nSPS) is 8.65. The van der Waals surface area contributed by atoms with E-state index in [9.17, 15) is 4.79 Å². The molecule has 4 nitrogen and oxygen atoms in total. The molecule has 0 bridgehead atoms. The number of aryl methyl sites for hydroxylation is 2. The van der Waals surface area contributed by atoms with Gasteiger partial charge in [-0.25, -0.2) is 0 Å². The summed E-state index contributed by atoms with van der Waals surface area (Å²) in [5.74, 6) is 0.670. The van der Waals surface area contributed by atoms with Crippen LogP contribution in [0.4, 0.5) is 0 Å². The van der Waals surface area contributed by atoms with Gasteiger partial charge >= 0.3 is 0 Å². The van der Waals surface area contributed by atoms with Crippen LogP contribution in [0.25, 0.3) is 11.1 Å². The monoisotopic (exact) mass is 417 g/mol. The van der Waals surface area contributed by atoms with E-state index in [4.69, 9.17) is 14.8 Å². The first-order chi connectivity index (χ1) is 15.0. The van der Waals surface area contributed by atoms with Crippen LogP contribution in [-0.2, 0) is 9.59 Å². The van der Waals surface area contributed by atoms with E-state index >= 15 is 0 Å².